The van der Waals surface area contributed by atoms with Crippen LogP contribution in [0.5, 0.6) is 0 Å². The summed E-state index contributed by atoms with van der Waals surface area (Å²) in [6, 6.07) is 7.10. The van der Waals surface area contributed by atoms with Crippen molar-refractivity contribution in [1.29, 1.82) is 0 Å². The quantitative estimate of drug-likeness (QED) is 0.799. The molecule has 0 radical (unpaired) electrons. The number of carboxylic acid groups (broad SMARTS) is 1. The molecule has 2 N–H and O–H groups in total. The van der Waals surface area contributed by atoms with Crippen molar-refractivity contribution in [1.82, 2.24) is 0 Å². The van der Waals surface area contributed by atoms with Gasteiger partial charge in [0.05, 0.1) is 0 Å². The molecule has 4 nitrogen and oxygen atoms in total. The SMILES string of the molecule is CC(C(=O)Nc1ccc(/C=C/C(=O)O)cc1)C1CC1. The van der Waals surface area contributed by atoms with Crippen LogP contribution in [0.15, 0.2) is 30.3 Å². The lowest BCUT2D eigenvalue weighted by atomic mass is 10.1. The van der Waals surface area contributed by atoms with E-state index in [1.54, 1.807) is 24.3 Å². The number of aliphatic carboxylic acids is 1. The Bertz CT molecular complexity index is 501. The minimum atomic E-state index is -0.976. The minimum absolute atomic E-state index is 0.0522. The van der Waals surface area contributed by atoms with Crippen molar-refractivity contribution in [3.8, 4) is 0 Å². The third-order valence-corrected chi connectivity index (χ3v) is 3.34. The topological polar surface area (TPSA) is 66.4 Å². The molecule has 1 fully saturated rings. The van der Waals surface area contributed by atoms with Gasteiger partial charge >= 0.3 is 5.97 Å². The predicted octanol–water partition coefficient (Wildman–Crippen LogP) is 2.77. The average molecular weight is 259 g/mol. The van der Waals surface area contributed by atoms with Crippen molar-refractivity contribution in [3.63, 3.8) is 0 Å². The number of hydrogen-bond donors (Lipinski definition) is 2. The van der Waals surface area contributed by atoms with Crippen molar-refractivity contribution < 1.29 is 14.7 Å². The van der Waals surface area contributed by atoms with Gasteiger partial charge < -0.3 is 10.4 Å². The van der Waals surface area contributed by atoms with Crippen molar-refractivity contribution in [2.75, 3.05) is 5.32 Å². The maximum absolute atomic E-state index is 11.9. The summed E-state index contributed by atoms with van der Waals surface area (Å²) in [7, 11) is 0. The van der Waals surface area contributed by atoms with E-state index in [4.69, 9.17) is 5.11 Å². The molecular formula is C15H17NO3. The predicted molar refractivity (Wildman–Crippen MR) is 73.6 cm³/mol. The van der Waals surface area contributed by atoms with Crippen molar-refractivity contribution >= 4 is 23.6 Å². The number of hydrogen-bond acceptors (Lipinski definition) is 2. The third kappa shape index (κ3) is 3.95. The first-order chi connectivity index (χ1) is 9.06. The molecule has 19 heavy (non-hydrogen) atoms. The van der Waals surface area contributed by atoms with Crippen LogP contribution in [0.4, 0.5) is 5.69 Å². The van der Waals surface area contributed by atoms with Gasteiger partial charge in [0, 0.05) is 17.7 Å². The molecule has 0 heterocycles. The van der Waals surface area contributed by atoms with Crippen LogP contribution in [0.3, 0.4) is 0 Å². The van der Waals surface area contributed by atoms with E-state index in [-0.39, 0.29) is 11.8 Å². The smallest absolute Gasteiger partial charge is 0.328 e. The Morgan fingerprint density at radius 1 is 1.32 bits per heavy atom. The van der Waals surface area contributed by atoms with E-state index >= 15 is 0 Å². The van der Waals surface area contributed by atoms with Crippen LogP contribution in [0.1, 0.15) is 25.3 Å². The van der Waals surface area contributed by atoms with Crippen LogP contribution >= 0.6 is 0 Å². The molecule has 1 saturated carbocycles. The van der Waals surface area contributed by atoms with Gasteiger partial charge in [0.15, 0.2) is 0 Å². The monoisotopic (exact) mass is 259 g/mol. The summed E-state index contributed by atoms with van der Waals surface area (Å²) in [5.41, 5.74) is 1.53. The number of carbonyl (C=O) groups is 2. The molecule has 0 spiro atoms. The second kappa shape index (κ2) is 5.69. The average Bonchev–Trinajstić information content (AvgIpc) is 3.21. The number of carbonyl (C=O) groups excluding carboxylic acids is 1. The fourth-order valence-corrected chi connectivity index (χ4v) is 1.91. The van der Waals surface area contributed by atoms with E-state index in [9.17, 15) is 9.59 Å². The molecule has 1 aromatic rings. The Balaban J connectivity index is 1.94. The molecule has 1 unspecified atom stereocenters. The van der Waals surface area contributed by atoms with E-state index in [1.165, 1.54) is 6.08 Å². The largest absolute Gasteiger partial charge is 0.478 e. The van der Waals surface area contributed by atoms with Crippen LogP contribution in [0.2, 0.25) is 0 Å². The van der Waals surface area contributed by atoms with Crippen LogP contribution < -0.4 is 5.32 Å². The van der Waals surface area contributed by atoms with Crippen LogP contribution in [-0.4, -0.2) is 17.0 Å². The van der Waals surface area contributed by atoms with Gasteiger partial charge in [-0.1, -0.05) is 19.1 Å². The van der Waals surface area contributed by atoms with Gasteiger partial charge in [-0.05, 0) is 42.5 Å². The number of nitrogens with one attached hydrogen (secondary N) is 1. The summed E-state index contributed by atoms with van der Waals surface area (Å²) in [5, 5.41) is 11.4. The highest BCUT2D eigenvalue weighted by molar-refractivity contribution is 5.93. The molecule has 1 amide bonds. The van der Waals surface area contributed by atoms with Gasteiger partial charge in [-0.2, -0.15) is 0 Å². The number of rotatable bonds is 5. The number of amides is 1. The molecule has 0 saturated heterocycles. The van der Waals surface area contributed by atoms with E-state index in [2.05, 4.69) is 5.32 Å². The molecule has 1 atom stereocenters. The fraction of sp³-hybridized carbons (Fsp3) is 0.333. The van der Waals surface area contributed by atoms with Crippen LogP contribution in [0, 0.1) is 11.8 Å². The first kappa shape index (κ1) is 13.3. The second-order valence-corrected chi connectivity index (χ2v) is 4.91. The molecule has 0 aromatic heterocycles. The summed E-state index contributed by atoms with van der Waals surface area (Å²) in [6.07, 6.45) is 4.89. The highest BCUT2D eigenvalue weighted by Crippen LogP contribution is 2.37. The Morgan fingerprint density at radius 3 is 2.47 bits per heavy atom. The lowest BCUT2D eigenvalue weighted by Gasteiger charge is -2.11. The second-order valence-electron chi connectivity index (χ2n) is 4.91. The number of anilines is 1. The van der Waals surface area contributed by atoms with E-state index in [0.717, 1.165) is 30.2 Å². The number of carboxylic acids is 1. The summed E-state index contributed by atoms with van der Waals surface area (Å²) in [4.78, 5) is 22.3. The molecule has 100 valence electrons. The molecular weight excluding hydrogens is 242 g/mol. The van der Waals surface area contributed by atoms with Gasteiger partial charge in [0.2, 0.25) is 5.91 Å². The Hall–Kier alpha value is -2.10. The fourth-order valence-electron chi connectivity index (χ4n) is 1.91. The lowest BCUT2D eigenvalue weighted by Crippen LogP contribution is -2.21. The van der Waals surface area contributed by atoms with Crippen molar-refractivity contribution in [2.24, 2.45) is 11.8 Å². The van der Waals surface area contributed by atoms with E-state index in [1.807, 2.05) is 6.92 Å². The van der Waals surface area contributed by atoms with Gasteiger partial charge in [0.1, 0.15) is 0 Å². The van der Waals surface area contributed by atoms with Crippen LogP contribution in [0.25, 0.3) is 6.08 Å². The molecule has 4 heteroatoms. The lowest BCUT2D eigenvalue weighted by molar-refractivity contribution is -0.131. The zero-order valence-corrected chi connectivity index (χ0v) is 10.8. The zero-order valence-electron chi connectivity index (χ0n) is 10.8. The first-order valence-electron chi connectivity index (χ1n) is 6.38. The Labute approximate surface area is 112 Å². The minimum Gasteiger partial charge on any atom is -0.478 e. The normalized spacial score (nSPS) is 16.3. The molecule has 1 aliphatic carbocycles. The van der Waals surface area contributed by atoms with Crippen LogP contribution in [-0.2, 0) is 9.59 Å². The highest BCUT2D eigenvalue weighted by Gasteiger charge is 2.32. The van der Waals surface area contributed by atoms with Gasteiger partial charge in [-0.25, -0.2) is 4.79 Å². The van der Waals surface area contributed by atoms with E-state index in [0.29, 0.717) is 5.92 Å². The first-order valence-corrected chi connectivity index (χ1v) is 6.38. The summed E-state index contributed by atoms with van der Waals surface area (Å²) >= 11 is 0. The summed E-state index contributed by atoms with van der Waals surface area (Å²) in [5.74, 6) is -0.323. The molecule has 1 aromatic carbocycles. The highest BCUT2D eigenvalue weighted by atomic mass is 16.4. The standard InChI is InChI=1S/C15H17NO3/c1-10(12-5-6-12)15(19)16-13-7-2-11(3-8-13)4-9-14(17)18/h2-4,7-10,12H,5-6H2,1H3,(H,16,19)(H,17,18)/b9-4+. The number of benzene rings is 1. The van der Waals surface area contributed by atoms with Gasteiger partial charge in [-0.3, -0.25) is 4.79 Å². The summed E-state index contributed by atoms with van der Waals surface area (Å²) in [6.45, 7) is 1.96. The third-order valence-electron chi connectivity index (χ3n) is 3.34. The molecule has 1 aliphatic rings. The summed E-state index contributed by atoms with van der Waals surface area (Å²) < 4.78 is 0. The Kier molecular flexibility index (Phi) is 4.00. The Morgan fingerprint density at radius 2 is 1.95 bits per heavy atom. The van der Waals surface area contributed by atoms with Crippen molar-refractivity contribution in [2.45, 2.75) is 19.8 Å². The van der Waals surface area contributed by atoms with Gasteiger partial charge in [0.25, 0.3) is 0 Å². The molecule has 2 rings (SSSR count). The van der Waals surface area contributed by atoms with Crippen molar-refractivity contribution in [3.05, 3.63) is 35.9 Å². The van der Waals surface area contributed by atoms with Gasteiger partial charge in [-0.15, -0.1) is 0 Å². The molecule has 0 aliphatic heterocycles. The maximum atomic E-state index is 11.9. The van der Waals surface area contributed by atoms with E-state index < -0.39 is 5.97 Å². The molecule has 0 bridgehead atoms. The zero-order chi connectivity index (χ0) is 13.8. The maximum Gasteiger partial charge on any atom is 0.328 e.